The molecule has 2 atom stereocenters. The number of thiocarbonyl (C=S) groups is 1. The number of para-hydroxylation sites is 1. The Labute approximate surface area is 131 Å². The van der Waals surface area contributed by atoms with Gasteiger partial charge in [0.2, 0.25) is 5.91 Å². The highest BCUT2D eigenvalue weighted by Crippen LogP contribution is 2.34. The van der Waals surface area contributed by atoms with Gasteiger partial charge in [-0.1, -0.05) is 37.3 Å². The molecule has 1 aliphatic heterocycles. The van der Waals surface area contributed by atoms with E-state index in [0.717, 1.165) is 11.3 Å². The molecule has 0 aromatic heterocycles. The van der Waals surface area contributed by atoms with Crippen LogP contribution in [0, 0.1) is 5.92 Å². The van der Waals surface area contributed by atoms with Crippen molar-refractivity contribution in [1.29, 1.82) is 0 Å². The standard InChI is InChI=1S/C16H22N2O2S/c1-3-18(10-11(2)15(17)21)16(19)13-8-9-20-14-7-5-4-6-12(13)14/h4-7,11,13H,3,8-10H2,1-2H3,(H2,17,21). The number of nitrogens with two attached hydrogens (primary N) is 1. The van der Waals surface area contributed by atoms with E-state index in [-0.39, 0.29) is 17.7 Å². The number of rotatable bonds is 5. The maximum absolute atomic E-state index is 12.8. The minimum atomic E-state index is -0.131. The van der Waals surface area contributed by atoms with E-state index < -0.39 is 0 Å². The van der Waals surface area contributed by atoms with Crippen molar-refractivity contribution in [2.45, 2.75) is 26.2 Å². The van der Waals surface area contributed by atoms with Crippen LogP contribution in [0.2, 0.25) is 0 Å². The van der Waals surface area contributed by atoms with Crippen molar-refractivity contribution in [1.82, 2.24) is 4.90 Å². The van der Waals surface area contributed by atoms with Gasteiger partial charge in [-0.05, 0) is 19.4 Å². The number of amides is 1. The third kappa shape index (κ3) is 3.53. The number of hydrogen-bond donors (Lipinski definition) is 1. The van der Waals surface area contributed by atoms with Crippen molar-refractivity contribution in [3.8, 4) is 5.75 Å². The molecule has 1 aromatic rings. The smallest absolute Gasteiger partial charge is 0.230 e. The Morgan fingerprint density at radius 1 is 1.52 bits per heavy atom. The van der Waals surface area contributed by atoms with E-state index in [0.29, 0.717) is 31.1 Å². The molecule has 0 saturated carbocycles. The predicted octanol–water partition coefficient (Wildman–Crippen LogP) is 2.32. The van der Waals surface area contributed by atoms with Crippen molar-refractivity contribution < 1.29 is 9.53 Å². The van der Waals surface area contributed by atoms with Crippen LogP contribution in [0.15, 0.2) is 24.3 Å². The van der Waals surface area contributed by atoms with Crippen LogP contribution in [-0.4, -0.2) is 35.5 Å². The number of fused-ring (bicyclic) bond motifs is 1. The lowest BCUT2D eigenvalue weighted by Crippen LogP contribution is -2.41. The summed E-state index contributed by atoms with van der Waals surface area (Å²) in [6, 6.07) is 7.77. The van der Waals surface area contributed by atoms with Crippen molar-refractivity contribution in [3.05, 3.63) is 29.8 Å². The Morgan fingerprint density at radius 3 is 2.90 bits per heavy atom. The van der Waals surface area contributed by atoms with E-state index in [9.17, 15) is 4.79 Å². The topological polar surface area (TPSA) is 55.6 Å². The second-order valence-electron chi connectivity index (χ2n) is 5.41. The zero-order valence-corrected chi connectivity index (χ0v) is 13.4. The van der Waals surface area contributed by atoms with Gasteiger partial charge in [-0.15, -0.1) is 0 Å². The number of carbonyl (C=O) groups is 1. The summed E-state index contributed by atoms with van der Waals surface area (Å²) < 4.78 is 5.63. The fraction of sp³-hybridized carbons (Fsp3) is 0.500. The SMILES string of the molecule is CCN(CC(C)C(N)=S)C(=O)C1CCOc2ccccc21. The van der Waals surface area contributed by atoms with Gasteiger partial charge in [0.1, 0.15) is 5.75 Å². The first-order chi connectivity index (χ1) is 10.0. The lowest BCUT2D eigenvalue weighted by atomic mass is 9.91. The van der Waals surface area contributed by atoms with Crippen LogP contribution in [0.4, 0.5) is 0 Å². The number of carbonyl (C=O) groups excluding carboxylic acids is 1. The summed E-state index contributed by atoms with van der Waals surface area (Å²) in [4.78, 5) is 15.1. The van der Waals surface area contributed by atoms with Crippen LogP contribution in [0.5, 0.6) is 5.75 Å². The molecule has 0 saturated heterocycles. The summed E-state index contributed by atoms with van der Waals surface area (Å²) in [6.45, 7) is 5.75. The first-order valence-electron chi connectivity index (χ1n) is 7.34. The zero-order valence-electron chi connectivity index (χ0n) is 12.5. The molecule has 2 N–H and O–H groups in total. The van der Waals surface area contributed by atoms with E-state index in [1.165, 1.54) is 0 Å². The maximum atomic E-state index is 12.8. The highest BCUT2D eigenvalue weighted by Gasteiger charge is 2.31. The Morgan fingerprint density at radius 2 is 2.24 bits per heavy atom. The van der Waals surface area contributed by atoms with E-state index in [1.807, 2.05) is 43.0 Å². The van der Waals surface area contributed by atoms with E-state index >= 15 is 0 Å². The molecule has 2 unspecified atom stereocenters. The number of likely N-dealkylation sites (N-methyl/N-ethyl adjacent to an activating group) is 1. The van der Waals surface area contributed by atoms with Gasteiger partial charge >= 0.3 is 0 Å². The fourth-order valence-corrected chi connectivity index (χ4v) is 2.69. The van der Waals surface area contributed by atoms with Crippen LogP contribution in [0.1, 0.15) is 31.7 Å². The van der Waals surface area contributed by atoms with Gasteiger partial charge < -0.3 is 15.4 Å². The molecular formula is C16H22N2O2S. The van der Waals surface area contributed by atoms with Crippen molar-refractivity contribution in [2.75, 3.05) is 19.7 Å². The first-order valence-corrected chi connectivity index (χ1v) is 7.75. The molecule has 1 aliphatic rings. The summed E-state index contributed by atoms with van der Waals surface area (Å²) >= 11 is 5.01. The second-order valence-corrected chi connectivity index (χ2v) is 5.88. The molecule has 0 aliphatic carbocycles. The van der Waals surface area contributed by atoms with Crippen LogP contribution in [-0.2, 0) is 4.79 Å². The molecule has 5 heteroatoms. The largest absolute Gasteiger partial charge is 0.493 e. The third-order valence-electron chi connectivity index (χ3n) is 3.93. The molecule has 0 fully saturated rings. The number of ether oxygens (including phenoxy) is 1. The van der Waals surface area contributed by atoms with Crippen LogP contribution < -0.4 is 10.5 Å². The van der Waals surface area contributed by atoms with E-state index in [2.05, 4.69) is 0 Å². The summed E-state index contributed by atoms with van der Waals surface area (Å²) in [5.74, 6) is 0.851. The van der Waals surface area contributed by atoms with Crippen molar-refractivity contribution in [3.63, 3.8) is 0 Å². The minimum absolute atomic E-state index is 0.0268. The molecule has 0 radical (unpaired) electrons. The van der Waals surface area contributed by atoms with Crippen LogP contribution in [0.3, 0.4) is 0 Å². The van der Waals surface area contributed by atoms with Crippen LogP contribution >= 0.6 is 12.2 Å². The molecule has 1 aromatic carbocycles. The predicted molar refractivity (Wildman–Crippen MR) is 87.5 cm³/mol. The van der Waals surface area contributed by atoms with Crippen molar-refractivity contribution >= 4 is 23.1 Å². The lowest BCUT2D eigenvalue weighted by Gasteiger charge is -2.31. The average molecular weight is 306 g/mol. The first kappa shape index (κ1) is 15.8. The second kappa shape index (κ2) is 6.89. The number of nitrogens with zero attached hydrogens (tertiary/aromatic N) is 1. The molecule has 2 rings (SSSR count). The van der Waals surface area contributed by atoms with Gasteiger partial charge in [0.25, 0.3) is 0 Å². The summed E-state index contributed by atoms with van der Waals surface area (Å²) in [6.07, 6.45) is 0.716. The van der Waals surface area contributed by atoms with Gasteiger partial charge in [0, 0.05) is 24.6 Å². The van der Waals surface area contributed by atoms with Gasteiger partial charge in [0.05, 0.1) is 17.5 Å². The van der Waals surface area contributed by atoms with Gasteiger partial charge in [-0.2, -0.15) is 0 Å². The Bertz CT molecular complexity index is 533. The molecule has 1 amide bonds. The monoisotopic (exact) mass is 306 g/mol. The Kier molecular flexibility index (Phi) is 5.17. The molecule has 114 valence electrons. The average Bonchev–Trinajstić information content (AvgIpc) is 2.51. The van der Waals surface area contributed by atoms with Crippen LogP contribution in [0.25, 0.3) is 0 Å². The van der Waals surface area contributed by atoms with Crippen molar-refractivity contribution in [2.24, 2.45) is 11.7 Å². The van der Waals surface area contributed by atoms with E-state index in [1.54, 1.807) is 0 Å². The highest BCUT2D eigenvalue weighted by atomic mass is 32.1. The summed E-state index contributed by atoms with van der Waals surface area (Å²) in [7, 11) is 0. The fourth-order valence-electron chi connectivity index (χ4n) is 2.61. The normalized spacial score (nSPS) is 18.3. The minimum Gasteiger partial charge on any atom is -0.493 e. The third-order valence-corrected chi connectivity index (χ3v) is 4.33. The number of hydrogen-bond acceptors (Lipinski definition) is 3. The molecule has 0 spiro atoms. The highest BCUT2D eigenvalue weighted by molar-refractivity contribution is 7.80. The maximum Gasteiger partial charge on any atom is 0.230 e. The summed E-state index contributed by atoms with van der Waals surface area (Å²) in [5, 5.41) is 0. The van der Waals surface area contributed by atoms with Gasteiger partial charge in [-0.25, -0.2) is 0 Å². The lowest BCUT2D eigenvalue weighted by molar-refractivity contribution is -0.133. The van der Waals surface area contributed by atoms with Gasteiger partial charge in [0.15, 0.2) is 0 Å². The van der Waals surface area contributed by atoms with Gasteiger partial charge in [-0.3, -0.25) is 4.79 Å². The molecule has 0 bridgehead atoms. The molecule has 1 heterocycles. The van der Waals surface area contributed by atoms with E-state index in [4.69, 9.17) is 22.7 Å². The Balaban J connectivity index is 2.17. The molecule has 21 heavy (non-hydrogen) atoms. The molecule has 4 nitrogen and oxygen atoms in total. The number of benzene rings is 1. The summed E-state index contributed by atoms with van der Waals surface area (Å²) in [5.41, 5.74) is 6.65. The quantitative estimate of drug-likeness (QED) is 0.848. The zero-order chi connectivity index (χ0) is 15.4. The Hall–Kier alpha value is -1.62. The molecular weight excluding hydrogens is 284 g/mol.